The number of carbonyl (C=O) groups excluding carboxylic acids is 1. The number of ether oxygens (including phenoxy) is 3. The highest BCUT2D eigenvalue weighted by Gasteiger charge is 2.08. The number of carbonyl (C=O) groups is 1. The topological polar surface area (TPSA) is 56.8 Å². The standard InChI is InChI=1S/C27H31NO4/c1-20(2)15-16-31-25-14-9-21(17-26(25)30-3)18-28-27(29)19-32-24-12-10-23(11-13-24)22-7-5-4-6-8-22/h4-14,17,20H,15-16,18-19H2,1-3H3,(H,28,29). The second kappa shape index (κ2) is 11.8. The molecular weight excluding hydrogens is 402 g/mol. The first-order valence-electron chi connectivity index (χ1n) is 10.9. The van der Waals surface area contributed by atoms with E-state index in [-0.39, 0.29) is 12.5 Å². The van der Waals surface area contributed by atoms with Gasteiger partial charge < -0.3 is 19.5 Å². The molecule has 5 nitrogen and oxygen atoms in total. The van der Waals surface area contributed by atoms with Gasteiger partial charge in [0, 0.05) is 6.54 Å². The van der Waals surface area contributed by atoms with Crippen LogP contribution in [0, 0.1) is 5.92 Å². The lowest BCUT2D eigenvalue weighted by Crippen LogP contribution is -2.28. The summed E-state index contributed by atoms with van der Waals surface area (Å²) in [4.78, 5) is 12.2. The molecule has 0 unspecified atom stereocenters. The maximum Gasteiger partial charge on any atom is 0.258 e. The lowest BCUT2D eigenvalue weighted by Gasteiger charge is -2.13. The quantitative estimate of drug-likeness (QED) is 0.435. The molecule has 0 heterocycles. The predicted octanol–water partition coefficient (Wildman–Crippen LogP) is 5.48. The van der Waals surface area contributed by atoms with Gasteiger partial charge >= 0.3 is 0 Å². The third-order valence-electron chi connectivity index (χ3n) is 5.00. The lowest BCUT2D eigenvalue weighted by molar-refractivity contribution is -0.123. The molecule has 32 heavy (non-hydrogen) atoms. The van der Waals surface area contributed by atoms with Crippen LogP contribution in [0.3, 0.4) is 0 Å². The number of rotatable bonds is 11. The molecule has 3 aromatic carbocycles. The maximum absolute atomic E-state index is 12.2. The van der Waals surface area contributed by atoms with Crippen molar-refractivity contribution < 1.29 is 19.0 Å². The van der Waals surface area contributed by atoms with Gasteiger partial charge in [0.25, 0.3) is 5.91 Å². The summed E-state index contributed by atoms with van der Waals surface area (Å²) in [5.41, 5.74) is 3.18. The highest BCUT2D eigenvalue weighted by atomic mass is 16.5. The molecule has 0 aliphatic heterocycles. The van der Waals surface area contributed by atoms with Gasteiger partial charge in [-0.05, 0) is 53.3 Å². The average molecular weight is 434 g/mol. The first-order valence-corrected chi connectivity index (χ1v) is 10.9. The molecule has 0 radical (unpaired) electrons. The molecular formula is C27H31NO4. The Bertz CT molecular complexity index is 984. The van der Waals surface area contributed by atoms with Crippen molar-refractivity contribution in [2.45, 2.75) is 26.8 Å². The zero-order chi connectivity index (χ0) is 22.8. The first kappa shape index (κ1) is 23.2. The van der Waals surface area contributed by atoms with Crippen molar-refractivity contribution in [1.29, 1.82) is 0 Å². The van der Waals surface area contributed by atoms with Gasteiger partial charge in [0.05, 0.1) is 13.7 Å². The number of nitrogens with one attached hydrogen (secondary N) is 1. The van der Waals surface area contributed by atoms with Crippen LogP contribution in [-0.4, -0.2) is 26.2 Å². The molecule has 0 saturated carbocycles. The molecule has 3 rings (SSSR count). The van der Waals surface area contributed by atoms with Gasteiger partial charge in [0.2, 0.25) is 0 Å². The van der Waals surface area contributed by atoms with Gasteiger partial charge in [0.1, 0.15) is 5.75 Å². The summed E-state index contributed by atoms with van der Waals surface area (Å²) in [6.07, 6.45) is 0.982. The summed E-state index contributed by atoms with van der Waals surface area (Å²) < 4.78 is 16.9. The number of methoxy groups -OCH3 is 1. The van der Waals surface area contributed by atoms with Crippen LogP contribution in [0.2, 0.25) is 0 Å². The third-order valence-corrected chi connectivity index (χ3v) is 5.00. The van der Waals surface area contributed by atoms with E-state index in [0.717, 1.165) is 23.1 Å². The van der Waals surface area contributed by atoms with Gasteiger partial charge in [-0.15, -0.1) is 0 Å². The Labute approximate surface area is 190 Å². The maximum atomic E-state index is 12.2. The van der Waals surface area contributed by atoms with Crippen LogP contribution < -0.4 is 19.5 Å². The molecule has 0 spiro atoms. The van der Waals surface area contributed by atoms with Crippen molar-refractivity contribution in [3.8, 4) is 28.4 Å². The van der Waals surface area contributed by atoms with Gasteiger partial charge in [-0.1, -0.05) is 62.4 Å². The molecule has 0 atom stereocenters. The molecule has 1 N–H and O–H groups in total. The normalized spacial score (nSPS) is 10.6. The van der Waals surface area contributed by atoms with E-state index in [1.807, 2.05) is 60.7 Å². The van der Waals surface area contributed by atoms with E-state index in [4.69, 9.17) is 14.2 Å². The number of amides is 1. The molecule has 0 fully saturated rings. The first-order chi connectivity index (χ1) is 15.5. The molecule has 1 amide bonds. The Balaban J connectivity index is 1.46. The summed E-state index contributed by atoms with van der Waals surface area (Å²) in [7, 11) is 1.61. The van der Waals surface area contributed by atoms with Crippen molar-refractivity contribution in [3.05, 3.63) is 78.4 Å². The van der Waals surface area contributed by atoms with E-state index in [2.05, 4.69) is 31.3 Å². The van der Waals surface area contributed by atoms with Crippen LogP contribution in [0.4, 0.5) is 0 Å². The van der Waals surface area contributed by atoms with Crippen molar-refractivity contribution in [2.24, 2.45) is 5.92 Å². The minimum Gasteiger partial charge on any atom is -0.493 e. The molecule has 168 valence electrons. The van der Waals surface area contributed by atoms with Gasteiger partial charge in [-0.2, -0.15) is 0 Å². The molecule has 0 bridgehead atoms. The Morgan fingerprint density at radius 3 is 2.28 bits per heavy atom. The monoisotopic (exact) mass is 433 g/mol. The highest BCUT2D eigenvalue weighted by molar-refractivity contribution is 5.77. The number of hydrogen-bond donors (Lipinski definition) is 1. The van der Waals surface area contributed by atoms with Crippen LogP contribution >= 0.6 is 0 Å². The molecule has 0 aliphatic rings. The van der Waals surface area contributed by atoms with Gasteiger partial charge in [-0.3, -0.25) is 4.79 Å². The fraction of sp³-hybridized carbons (Fsp3) is 0.296. The SMILES string of the molecule is COc1cc(CNC(=O)COc2ccc(-c3ccccc3)cc2)ccc1OCCC(C)C. The Morgan fingerprint density at radius 1 is 0.875 bits per heavy atom. The second-order valence-electron chi connectivity index (χ2n) is 7.97. The predicted molar refractivity (Wildman–Crippen MR) is 127 cm³/mol. The zero-order valence-electron chi connectivity index (χ0n) is 19.0. The smallest absolute Gasteiger partial charge is 0.258 e. The summed E-state index contributed by atoms with van der Waals surface area (Å²) >= 11 is 0. The fourth-order valence-corrected chi connectivity index (χ4v) is 3.12. The summed E-state index contributed by atoms with van der Waals surface area (Å²) in [5, 5.41) is 2.88. The zero-order valence-corrected chi connectivity index (χ0v) is 19.0. The third kappa shape index (κ3) is 7.05. The number of hydrogen-bond acceptors (Lipinski definition) is 4. The van der Waals surface area contributed by atoms with Crippen LogP contribution in [0.15, 0.2) is 72.8 Å². The molecule has 0 aromatic heterocycles. The average Bonchev–Trinajstić information content (AvgIpc) is 2.82. The summed E-state index contributed by atoms with van der Waals surface area (Å²) in [5.74, 6) is 2.43. The van der Waals surface area contributed by atoms with E-state index in [1.54, 1.807) is 7.11 Å². The van der Waals surface area contributed by atoms with E-state index in [0.29, 0.717) is 36.3 Å². The van der Waals surface area contributed by atoms with E-state index in [9.17, 15) is 4.79 Å². The summed E-state index contributed by atoms with van der Waals surface area (Å²) in [6, 6.07) is 23.5. The minimum atomic E-state index is -0.187. The van der Waals surface area contributed by atoms with Crippen molar-refractivity contribution in [1.82, 2.24) is 5.32 Å². The molecule has 0 saturated heterocycles. The largest absolute Gasteiger partial charge is 0.493 e. The summed E-state index contributed by atoms with van der Waals surface area (Å²) in [6.45, 7) is 5.31. The highest BCUT2D eigenvalue weighted by Crippen LogP contribution is 2.28. The van der Waals surface area contributed by atoms with E-state index in [1.165, 1.54) is 0 Å². The van der Waals surface area contributed by atoms with Crippen LogP contribution in [-0.2, 0) is 11.3 Å². The Morgan fingerprint density at radius 2 is 1.59 bits per heavy atom. The van der Waals surface area contributed by atoms with Crippen LogP contribution in [0.5, 0.6) is 17.2 Å². The van der Waals surface area contributed by atoms with Crippen molar-refractivity contribution in [2.75, 3.05) is 20.3 Å². The van der Waals surface area contributed by atoms with Crippen molar-refractivity contribution >= 4 is 5.91 Å². The lowest BCUT2D eigenvalue weighted by atomic mass is 10.1. The number of benzene rings is 3. The van der Waals surface area contributed by atoms with Gasteiger partial charge in [-0.25, -0.2) is 0 Å². The molecule has 0 aliphatic carbocycles. The minimum absolute atomic E-state index is 0.0434. The fourth-order valence-electron chi connectivity index (χ4n) is 3.12. The van der Waals surface area contributed by atoms with Crippen LogP contribution in [0.25, 0.3) is 11.1 Å². The van der Waals surface area contributed by atoms with Crippen LogP contribution in [0.1, 0.15) is 25.8 Å². The Hall–Kier alpha value is -3.47. The van der Waals surface area contributed by atoms with Gasteiger partial charge in [0.15, 0.2) is 18.1 Å². The van der Waals surface area contributed by atoms with E-state index < -0.39 is 0 Å². The second-order valence-corrected chi connectivity index (χ2v) is 7.97. The molecule has 5 heteroatoms. The van der Waals surface area contributed by atoms with E-state index >= 15 is 0 Å². The molecule has 3 aromatic rings. The van der Waals surface area contributed by atoms with Crippen molar-refractivity contribution in [3.63, 3.8) is 0 Å². The Kier molecular flexibility index (Phi) is 8.55.